The number of carbonyl (C=O) groups excluding carboxylic acids is 1. The molecular weight excluding hydrogens is 180 g/mol. The Morgan fingerprint density at radius 1 is 1.46 bits per heavy atom. The third kappa shape index (κ3) is 1.71. The number of anilines is 2. The number of aromatic nitrogens is 1. The molecule has 0 spiro atoms. The lowest BCUT2D eigenvalue weighted by molar-refractivity contribution is 0.111. The first-order valence-electron chi connectivity index (χ1n) is 3.35. The van der Waals surface area contributed by atoms with E-state index in [2.05, 4.69) is 4.98 Å². The first kappa shape index (κ1) is 9.37. The molecule has 6 heteroatoms. The van der Waals surface area contributed by atoms with Crippen LogP contribution in [-0.2, 0) is 0 Å². The van der Waals surface area contributed by atoms with Gasteiger partial charge in [-0.15, -0.1) is 0 Å². The average Bonchev–Trinajstić information content (AvgIpc) is 2.09. The van der Waals surface area contributed by atoms with Gasteiger partial charge in [0.2, 0.25) is 0 Å². The summed E-state index contributed by atoms with van der Waals surface area (Å²) in [5.74, 6) is -0.250. The number of aldehydes is 1. The van der Waals surface area contributed by atoms with Crippen molar-refractivity contribution in [3.63, 3.8) is 0 Å². The maximum absolute atomic E-state index is 12.2. The zero-order valence-electron chi connectivity index (χ0n) is 6.50. The van der Waals surface area contributed by atoms with Crippen molar-refractivity contribution in [3.05, 3.63) is 17.3 Å². The van der Waals surface area contributed by atoms with Crippen LogP contribution in [0.5, 0.6) is 0 Å². The molecule has 1 rings (SSSR count). The van der Waals surface area contributed by atoms with Crippen LogP contribution >= 0.6 is 0 Å². The van der Waals surface area contributed by atoms with Crippen molar-refractivity contribution >= 4 is 17.8 Å². The van der Waals surface area contributed by atoms with Gasteiger partial charge in [0.25, 0.3) is 6.43 Å². The predicted molar refractivity (Wildman–Crippen MR) is 43.4 cm³/mol. The van der Waals surface area contributed by atoms with E-state index in [0.717, 1.165) is 6.07 Å². The van der Waals surface area contributed by atoms with E-state index >= 15 is 0 Å². The van der Waals surface area contributed by atoms with Gasteiger partial charge in [-0.05, 0) is 6.07 Å². The molecule has 0 atom stereocenters. The number of hydrogen-bond donors (Lipinski definition) is 2. The fourth-order valence-electron chi connectivity index (χ4n) is 0.857. The lowest BCUT2D eigenvalue weighted by Crippen LogP contribution is -2.05. The number of carbonyl (C=O) groups is 1. The Morgan fingerprint density at radius 3 is 2.54 bits per heavy atom. The Bertz CT molecular complexity index is 341. The molecule has 0 amide bonds. The molecule has 0 bridgehead atoms. The summed E-state index contributed by atoms with van der Waals surface area (Å²) >= 11 is 0. The van der Waals surface area contributed by atoms with E-state index in [-0.39, 0.29) is 17.2 Å². The summed E-state index contributed by atoms with van der Waals surface area (Å²) in [4.78, 5) is 13.7. The molecule has 4 nitrogen and oxygen atoms in total. The lowest BCUT2D eigenvalue weighted by Gasteiger charge is -2.06. The summed E-state index contributed by atoms with van der Waals surface area (Å²) in [5, 5.41) is 0. The van der Waals surface area contributed by atoms with Gasteiger partial charge in [0.15, 0.2) is 6.29 Å². The molecule has 13 heavy (non-hydrogen) atoms. The molecule has 70 valence electrons. The summed E-state index contributed by atoms with van der Waals surface area (Å²) in [7, 11) is 0. The Labute approximate surface area is 72.6 Å². The van der Waals surface area contributed by atoms with Crippen molar-refractivity contribution in [2.75, 3.05) is 11.5 Å². The maximum Gasteiger partial charge on any atom is 0.266 e. The fourth-order valence-corrected chi connectivity index (χ4v) is 0.857. The zero-order chi connectivity index (χ0) is 10.0. The molecule has 1 aromatic heterocycles. The highest BCUT2D eigenvalue weighted by Gasteiger charge is 2.15. The van der Waals surface area contributed by atoms with E-state index in [1.807, 2.05) is 0 Å². The normalized spacial score (nSPS) is 10.4. The van der Waals surface area contributed by atoms with Crippen LogP contribution in [0.4, 0.5) is 20.3 Å². The molecule has 0 aliphatic carbocycles. The largest absolute Gasteiger partial charge is 0.395 e. The van der Waals surface area contributed by atoms with E-state index in [1.165, 1.54) is 0 Å². The Balaban J connectivity index is 3.32. The van der Waals surface area contributed by atoms with Crippen LogP contribution in [0.25, 0.3) is 0 Å². The quantitative estimate of drug-likeness (QED) is 0.676. The SMILES string of the molecule is Nc1nc(C=O)cc(C(F)F)c1N. The number of alkyl halides is 2. The first-order valence-corrected chi connectivity index (χ1v) is 3.35. The molecule has 0 aliphatic rings. The summed E-state index contributed by atoms with van der Waals surface area (Å²) in [5.41, 5.74) is 9.54. The van der Waals surface area contributed by atoms with E-state index < -0.39 is 12.0 Å². The predicted octanol–water partition coefficient (Wildman–Crippen LogP) is 0.996. The van der Waals surface area contributed by atoms with Gasteiger partial charge < -0.3 is 11.5 Å². The van der Waals surface area contributed by atoms with Crippen LogP contribution in [0.1, 0.15) is 22.5 Å². The highest BCUT2D eigenvalue weighted by atomic mass is 19.3. The molecule has 0 saturated heterocycles. The van der Waals surface area contributed by atoms with E-state index in [4.69, 9.17) is 11.5 Å². The van der Waals surface area contributed by atoms with Crippen LogP contribution in [0.15, 0.2) is 6.07 Å². The van der Waals surface area contributed by atoms with Gasteiger partial charge in [-0.2, -0.15) is 0 Å². The van der Waals surface area contributed by atoms with Gasteiger partial charge in [0.05, 0.1) is 5.69 Å². The molecule has 0 aromatic carbocycles. The van der Waals surface area contributed by atoms with Gasteiger partial charge in [0, 0.05) is 5.56 Å². The van der Waals surface area contributed by atoms with Crippen LogP contribution in [0.2, 0.25) is 0 Å². The van der Waals surface area contributed by atoms with Crippen molar-refractivity contribution in [3.8, 4) is 0 Å². The minimum Gasteiger partial charge on any atom is -0.395 e. The Kier molecular flexibility index (Phi) is 2.41. The summed E-state index contributed by atoms with van der Waals surface area (Å²) in [6.07, 6.45) is -2.43. The number of halogens is 2. The highest BCUT2D eigenvalue weighted by molar-refractivity contribution is 5.77. The summed E-state index contributed by atoms with van der Waals surface area (Å²) < 4.78 is 24.5. The topological polar surface area (TPSA) is 82.0 Å². The van der Waals surface area contributed by atoms with Crippen molar-refractivity contribution in [1.29, 1.82) is 0 Å². The molecule has 0 fully saturated rings. The number of nitrogens with zero attached hydrogens (tertiary/aromatic N) is 1. The molecule has 0 aliphatic heterocycles. The lowest BCUT2D eigenvalue weighted by atomic mass is 10.2. The molecule has 0 saturated carbocycles. The first-order chi connectivity index (χ1) is 6.06. The van der Waals surface area contributed by atoms with Crippen molar-refractivity contribution < 1.29 is 13.6 Å². The van der Waals surface area contributed by atoms with E-state index in [9.17, 15) is 13.6 Å². The smallest absolute Gasteiger partial charge is 0.266 e. The van der Waals surface area contributed by atoms with E-state index in [1.54, 1.807) is 0 Å². The van der Waals surface area contributed by atoms with Crippen molar-refractivity contribution in [2.24, 2.45) is 0 Å². The highest BCUT2D eigenvalue weighted by Crippen LogP contribution is 2.28. The maximum atomic E-state index is 12.2. The average molecular weight is 187 g/mol. The summed E-state index contributed by atoms with van der Waals surface area (Å²) in [6.45, 7) is 0. The standard InChI is InChI=1S/C7H7F2N3O/c8-6(9)4-1-3(2-13)12-7(11)5(4)10/h1-2,6H,10H2,(H2,11,12). The van der Waals surface area contributed by atoms with Crippen LogP contribution in [-0.4, -0.2) is 11.3 Å². The second-order valence-electron chi connectivity index (χ2n) is 2.35. The monoisotopic (exact) mass is 187 g/mol. The molecule has 0 unspecified atom stereocenters. The second-order valence-corrected chi connectivity index (χ2v) is 2.35. The van der Waals surface area contributed by atoms with Crippen LogP contribution < -0.4 is 11.5 Å². The number of nitrogen functional groups attached to an aromatic ring is 2. The molecule has 1 aromatic rings. The van der Waals surface area contributed by atoms with Gasteiger partial charge in [-0.1, -0.05) is 0 Å². The van der Waals surface area contributed by atoms with Crippen molar-refractivity contribution in [2.45, 2.75) is 6.43 Å². The molecular formula is C7H7F2N3O. The Morgan fingerprint density at radius 2 is 2.08 bits per heavy atom. The zero-order valence-corrected chi connectivity index (χ0v) is 6.50. The van der Waals surface area contributed by atoms with Gasteiger partial charge in [-0.25, -0.2) is 13.8 Å². The van der Waals surface area contributed by atoms with Crippen molar-refractivity contribution in [1.82, 2.24) is 4.98 Å². The molecule has 1 heterocycles. The minimum atomic E-state index is -2.76. The number of hydrogen-bond acceptors (Lipinski definition) is 4. The third-order valence-corrected chi connectivity index (χ3v) is 1.50. The fraction of sp³-hybridized carbons (Fsp3) is 0.143. The second kappa shape index (κ2) is 3.34. The number of pyridine rings is 1. The van der Waals surface area contributed by atoms with Gasteiger partial charge in [0.1, 0.15) is 11.5 Å². The minimum absolute atomic E-state index is 0.151. The number of nitrogens with two attached hydrogens (primary N) is 2. The van der Waals surface area contributed by atoms with E-state index in [0.29, 0.717) is 6.29 Å². The number of rotatable bonds is 2. The third-order valence-electron chi connectivity index (χ3n) is 1.50. The van der Waals surface area contributed by atoms with Gasteiger partial charge >= 0.3 is 0 Å². The van der Waals surface area contributed by atoms with Crippen LogP contribution in [0.3, 0.4) is 0 Å². The van der Waals surface area contributed by atoms with Gasteiger partial charge in [-0.3, -0.25) is 4.79 Å². The summed E-state index contributed by atoms with van der Waals surface area (Å²) in [6, 6.07) is 0.920. The Hall–Kier alpha value is -1.72. The molecule has 4 N–H and O–H groups in total. The molecule has 0 radical (unpaired) electrons. The van der Waals surface area contributed by atoms with Crippen LogP contribution in [0, 0.1) is 0 Å².